The van der Waals surface area contributed by atoms with Gasteiger partial charge in [-0.1, -0.05) is 12.1 Å². The summed E-state index contributed by atoms with van der Waals surface area (Å²) < 4.78 is 13.1. The van der Waals surface area contributed by atoms with Gasteiger partial charge >= 0.3 is 0 Å². The zero-order valence-electron chi connectivity index (χ0n) is 12.9. The molecule has 0 aliphatic rings. The second kappa shape index (κ2) is 6.37. The van der Waals surface area contributed by atoms with Crippen molar-refractivity contribution in [3.8, 4) is 28.5 Å². The van der Waals surface area contributed by atoms with Crippen LogP contribution in [0.4, 0.5) is 15.9 Å². The zero-order valence-corrected chi connectivity index (χ0v) is 12.9. The summed E-state index contributed by atoms with van der Waals surface area (Å²) in [6.45, 7) is 0. The van der Waals surface area contributed by atoms with Crippen molar-refractivity contribution in [2.24, 2.45) is 0 Å². The number of nitrogens with two attached hydrogens (primary N) is 1. The Balaban J connectivity index is 2.21. The average molecular weight is 335 g/mol. The van der Waals surface area contributed by atoms with Crippen LogP contribution < -0.4 is 10.7 Å². The minimum absolute atomic E-state index is 0.0869. The molecule has 0 saturated carbocycles. The summed E-state index contributed by atoms with van der Waals surface area (Å²) in [5.41, 5.74) is 8.24. The number of nitro benzene ring substituents is 1. The van der Waals surface area contributed by atoms with Gasteiger partial charge < -0.3 is 0 Å². The number of nitrogen functional groups attached to an aromatic ring is 1. The number of aromatic nitrogens is 1. The Hall–Kier alpha value is -3.79. The number of nitrogens with zero attached hydrogens (tertiary/aromatic N) is 2. The number of nitriles is 1. The first-order valence-electron chi connectivity index (χ1n) is 7.26. The van der Waals surface area contributed by atoms with E-state index in [0.717, 1.165) is 0 Å². The maximum absolute atomic E-state index is 13.1. The predicted octanol–water partition coefficient (Wildman–Crippen LogP) is 3.34. The van der Waals surface area contributed by atoms with Crippen LogP contribution in [0.15, 0.2) is 54.6 Å². The molecule has 0 saturated heterocycles. The van der Waals surface area contributed by atoms with Gasteiger partial charge in [-0.2, -0.15) is 5.26 Å². The number of H-pyrrole nitrogens is 1. The molecule has 0 amide bonds. The number of benzene rings is 2. The van der Waals surface area contributed by atoms with E-state index in [1.54, 1.807) is 30.3 Å². The second-order valence-electron chi connectivity index (χ2n) is 5.31. The molecule has 0 bridgehead atoms. The fourth-order valence-corrected chi connectivity index (χ4v) is 2.53. The first kappa shape index (κ1) is 16.1. The van der Waals surface area contributed by atoms with Crippen molar-refractivity contribution in [2.45, 2.75) is 0 Å². The lowest BCUT2D eigenvalue weighted by molar-refractivity contribution is -0.384. The quantitative estimate of drug-likeness (QED) is 0.585. The number of halogens is 1. The number of pyridine rings is 1. The van der Waals surface area contributed by atoms with E-state index in [-0.39, 0.29) is 22.9 Å². The second-order valence-corrected chi connectivity index (χ2v) is 5.31. The Labute approximate surface area is 142 Å². The number of rotatable bonds is 3. The zero-order chi connectivity index (χ0) is 18.0. The summed E-state index contributed by atoms with van der Waals surface area (Å²) in [7, 11) is 0. The smallest absolute Gasteiger partial charge is 0.286 e. The van der Waals surface area contributed by atoms with Crippen LogP contribution in [0.5, 0.6) is 0 Å². The number of anilines is 1. The Morgan fingerprint density at radius 2 is 1.84 bits per heavy atom. The first-order chi connectivity index (χ1) is 12.0. The lowest BCUT2D eigenvalue weighted by Crippen LogP contribution is -2.16. The van der Waals surface area contributed by atoms with Gasteiger partial charge in [0.25, 0.3) is 11.5 Å². The molecular formula is C18H12FN4O2+. The van der Waals surface area contributed by atoms with E-state index in [0.29, 0.717) is 22.4 Å². The lowest BCUT2D eigenvalue weighted by atomic mass is 9.98. The van der Waals surface area contributed by atoms with E-state index in [1.807, 2.05) is 6.07 Å². The first-order valence-corrected chi connectivity index (χ1v) is 7.26. The summed E-state index contributed by atoms with van der Waals surface area (Å²) in [5.74, 6) is -0.241. The molecule has 0 aliphatic heterocycles. The number of hydrogen-bond acceptors (Lipinski definition) is 4. The lowest BCUT2D eigenvalue weighted by Gasteiger charge is -2.07. The maximum Gasteiger partial charge on any atom is 0.289 e. The third kappa shape index (κ3) is 3.14. The monoisotopic (exact) mass is 335 g/mol. The molecule has 25 heavy (non-hydrogen) atoms. The Kier molecular flexibility index (Phi) is 4.10. The molecule has 0 radical (unpaired) electrons. The van der Waals surface area contributed by atoms with Crippen molar-refractivity contribution in [1.29, 1.82) is 5.26 Å². The van der Waals surface area contributed by atoms with Gasteiger partial charge in [-0.05, 0) is 35.9 Å². The fourth-order valence-electron chi connectivity index (χ4n) is 2.53. The van der Waals surface area contributed by atoms with Gasteiger partial charge in [0.2, 0.25) is 0 Å². The molecule has 122 valence electrons. The summed E-state index contributed by atoms with van der Waals surface area (Å²) in [4.78, 5) is 13.4. The van der Waals surface area contributed by atoms with Crippen LogP contribution in [0, 0.1) is 27.3 Å². The third-order valence-corrected chi connectivity index (χ3v) is 3.73. The van der Waals surface area contributed by atoms with E-state index in [1.165, 1.54) is 24.3 Å². The summed E-state index contributed by atoms with van der Waals surface area (Å²) in [5, 5.41) is 20.4. The van der Waals surface area contributed by atoms with Gasteiger partial charge in [0.1, 0.15) is 23.1 Å². The largest absolute Gasteiger partial charge is 0.289 e. The molecule has 1 aromatic heterocycles. The van der Waals surface area contributed by atoms with Crippen molar-refractivity contribution in [3.63, 3.8) is 0 Å². The summed E-state index contributed by atoms with van der Waals surface area (Å²) >= 11 is 0. The SMILES string of the molecule is N#Cc1c(-c2cccc([N+](=O)[O-])c2)cc(-c2ccc(F)cc2)[nH+]c1N. The number of hydrogen-bond donors (Lipinski definition) is 1. The third-order valence-electron chi connectivity index (χ3n) is 3.73. The average Bonchev–Trinajstić information content (AvgIpc) is 2.61. The van der Waals surface area contributed by atoms with E-state index >= 15 is 0 Å². The Morgan fingerprint density at radius 1 is 1.12 bits per heavy atom. The van der Waals surface area contributed by atoms with E-state index in [4.69, 9.17) is 5.73 Å². The molecule has 0 atom stereocenters. The molecule has 2 aromatic carbocycles. The van der Waals surface area contributed by atoms with E-state index in [2.05, 4.69) is 4.98 Å². The van der Waals surface area contributed by atoms with Gasteiger partial charge in [0, 0.05) is 23.3 Å². The Bertz CT molecular complexity index is 1010. The molecule has 0 fully saturated rings. The van der Waals surface area contributed by atoms with Crippen molar-refractivity contribution in [1.82, 2.24) is 0 Å². The highest BCUT2D eigenvalue weighted by Gasteiger charge is 2.18. The van der Waals surface area contributed by atoms with Crippen LogP contribution in [-0.2, 0) is 0 Å². The minimum Gasteiger partial charge on any atom is -0.286 e. The van der Waals surface area contributed by atoms with Crippen LogP contribution in [-0.4, -0.2) is 4.92 Å². The van der Waals surface area contributed by atoms with Gasteiger partial charge in [-0.15, -0.1) is 0 Å². The molecule has 3 rings (SSSR count). The number of non-ortho nitro benzene ring substituents is 1. The van der Waals surface area contributed by atoms with Crippen LogP contribution in [0.2, 0.25) is 0 Å². The van der Waals surface area contributed by atoms with Crippen LogP contribution in [0.1, 0.15) is 5.56 Å². The van der Waals surface area contributed by atoms with Gasteiger partial charge in [-0.3, -0.25) is 15.8 Å². The molecular weight excluding hydrogens is 323 g/mol. The summed E-state index contributed by atoms with van der Waals surface area (Å²) in [6.07, 6.45) is 0. The molecule has 1 heterocycles. The highest BCUT2D eigenvalue weighted by molar-refractivity contribution is 5.78. The van der Waals surface area contributed by atoms with Crippen LogP contribution in [0.3, 0.4) is 0 Å². The van der Waals surface area contributed by atoms with Gasteiger partial charge in [-0.25, -0.2) is 9.37 Å². The topological polar surface area (TPSA) is 107 Å². The number of aromatic amines is 1. The summed E-state index contributed by atoms with van der Waals surface area (Å²) in [6, 6.07) is 15.4. The van der Waals surface area contributed by atoms with Crippen molar-refractivity contribution in [2.75, 3.05) is 5.73 Å². The molecule has 7 heteroatoms. The predicted molar refractivity (Wildman–Crippen MR) is 89.6 cm³/mol. The number of nitro groups is 1. The highest BCUT2D eigenvalue weighted by atomic mass is 19.1. The minimum atomic E-state index is -0.505. The molecule has 0 spiro atoms. The standard InChI is InChI=1S/C18H11FN4O2/c19-13-6-4-11(5-7-13)17-9-15(16(10-20)18(21)22-17)12-2-1-3-14(8-12)23(24)25/h1-9H,(H2,21,22)/p+1. The fraction of sp³-hybridized carbons (Fsp3) is 0. The highest BCUT2D eigenvalue weighted by Crippen LogP contribution is 2.31. The number of nitrogens with one attached hydrogen (secondary N) is 1. The molecule has 6 nitrogen and oxygen atoms in total. The molecule has 0 unspecified atom stereocenters. The molecule has 0 aliphatic carbocycles. The Morgan fingerprint density at radius 3 is 2.48 bits per heavy atom. The maximum atomic E-state index is 13.1. The van der Waals surface area contributed by atoms with Gasteiger partial charge in [0.15, 0.2) is 0 Å². The normalized spacial score (nSPS) is 10.2. The van der Waals surface area contributed by atoms with Crippen molar-refractivity contribution < 1.29 is 14.3 Å². The van der Waals surface area contributed by atoms with Crippen LogP contribution >= 0.6 is 0 Å². The van der Waals surface area contributed by atoms with Crippen molar-refractivity contribution >= 4 is 11.5 Å². The van der Waals surface area contributed by atoms with Crippen LogP contribution in [0.25, 0.3) is 22.4 Å². The van der Waals surface area contributed by atoms with Crippen molar-refractivity contribution in [3.05, 3.63) is 76.1 Å². The molecule has 3 aromatic rings. The van der Waals surface area contributed by atoms with Gasteiger partial charge in [0.05, 0.1) is 4.92 Å². The van der Waals surface area contributed by atoms with E-state index in [9.17, 15) is 19.8 Å². The van der Waals surface area contributed by atoms with E-state index < -0.39 is 4.92 Å². The molecule has 3 N–H and O–H groups in total.